The van der Waals surface area contributed by atoms with E-state index < -0.39 is 5.97 Å². The summed E-state index contributed by atoms with van der Waals surface area (Å²) in [6.45, 7) is 2.53. The number of carboxylic acids is 1. The number of aliphatic carboxylic acids is 1. The molecule has 0 fully saturated rings. The molecule has 0 saturated carbocycles. The van der Waals surface area contributed by atoms with Gasteiger partial charge in [0.2, 0.25) is 0 Å². The summed E-state index contributed by atoms with van der Waals surface area (Å²) in [6.07, 6.45) is 2.72. The molecule has 0 atom stereocenters. The molecule has 0 aromatic rings. The van der Waals surface area contributed by atoms with Crippen molar-refractivity contribution < 1.29 is 14.6 Å². The number of carboxylic acid groups (broad SMARTS) is 1. The molecule has 4 nitrogen and oxygen atoms in total. The molecule has 0 amide bonds. The average Bonchev–Trinajstić information content (AvgIpc) is 1.97. The maximum atomic E-state index is 10.1. The maximum absolute atomic E-state index is 10.1. The molecule has 0 unspecified atom stereocenters. The van der Waals surface area contributed by atoms with Crippen LogP contribution in [0.2, 0.25) is 0 Å². The third kappa shape index (κ3) is 11.2. The molecule has 0 radical (unpaired) electrons. The summed E-state index contributed by atoms with van der Waals surface area (Å²) in [5.41, 5.74) is 0. The van der Waals surface area contributed by atoms with Crippen molar-refractivity contribution in [1.82, 2.24) is 0 Å². The number of nitrogens with one attached hydrogen (secondary N) is 1. The van der Waals surface area contributed by atoms with Crippen molar-refractivity contribution in [2.24, 2.45) is 0 Å². The Labute approximate surface area is 84.2 Å². The van der Waals surface area contributed by atoms with Gasteiger partial charge in [0.05, 0.1) is 6.61 Å². The van der Waals surface area contributed by atoms with Gasteiger partial charge in [0, 0.05) is 0 Å². The molecule has 0 aliphatic heterocycles. The number of hydrogen-bond donors (Lipinski definition) is 2. The molecule has 78 valence electrons. The van der Waals surface area contributed by atoms with Gasteiger partial charge in [-0.15, -0.1) is 12.4 Å². The molecule has 0 aliphatic rings. The first-order chi connectivity index (χ1) is 5.66. The van der Waals surface area contributed by atoms with E-state index in [1.807, 2.05) is 0 Å². The van der Waals surface area contributed by atoms with Crippen LogP contribution in [0.1, 0.15) is 32.6 Å². The van der Waals surface area contributed by atoms with Crippen LogP contribution in [0.25, 0.3) is 0 Å². The first kappa shape index (κ1) is 14.7. The molecule has 0 aliphatic carbocycles. The Kier molecular flexibility index (Phi) is 10.6. The van der Waals surface area contributed by atoms with Gasteiger partial charge >= 0.3 is 5.97 Å². The minimum absolute atomic E-state index is 0. The highest BCUT2D eigenvalue weighted by Gasteiger charge is 2.03. The predicted octanol–water partition coefficient (Wildman–Crippen LogP) is 2.07. The lowest BCUT2D eigenvalue weighted by Crippen LogP contribution is -2.10. The Balaban J connectivity index is 0. The fourth-order valence-electron chi connectivity index (χ4n) is 0.736. The molecule has 0 saturated heterocycles. The quantitative estimate of drug-likeness (QED) is 0.400. The molecular weight excluding hydrogens is 194 g/mol. The summed E-state index contributed by atoms with van der Waals surface area (Å²) in [5, 5.41) is 15.3. The number of carbonyl (C=O) groups is 1. The van der Waals surface area contributed by atoms with E-state index in [1.54, 1.807) is 0 Å². The van der Waals surface area contributed by atoms with E-state index in [2.05, 4.69) is 6.92 Å². The van der Waals surface area contributed by atoms with Crippen molar-refractivity contribution in [3.05, 3.63) is 0 Å². The molecule has 2 N–H and O–H groups in total. The van der Waals surface area contributed by atoms with E-state index in [0.29, 0.717) is 6.61 Å². The van der Waals surface area contributed by atoms with Crippen LogP contribution in [0.15, 0.2) is 0 Å². The van der Waals surface area contributed by atoms with Crippen LogP contribution in [0.4, 0.5) is 0 Å². The van der Waals surface area contributed by atoms with E-state index in [-0.39, 0.29) is 24.7 Å². The standard InChI is InChI=1S/C8H15NO3.ClH/c1-2-3-4-5-12-7(9)6-8(10)11;/h9H,2-6H2,1H3,(H,10,11);1H. The fraction of sp³-hybridized carbons (Fsp3) is 0.750. The zero-order valence-corrected chi connectivity index (χ0v) is 8.52. The molecule has 0 heterocycles. The normalized spacial score (nSPS) is 8.69. The van der Waals surface area contributed by atoms with E-state index in [0.717, 1.165) is 19.3 Å². The van der Waals surface area contributed by atoms with Gasteiger partial charge in [-0.1, -0.05) is 19.8 Å². The molecule has 0 aromatic heterocycles. The second kappa shape index (κ2) is 9.32. The predicted molar refractivity (Wildman–Crippen MR) is 52.7 cm³/mol. The van der Waals surface area contributed by atoms with Gasteiger partial charge in [-0.3, -0.25) is 10.2 Å². The zero-order chi connectivity index (χ0) is 9.40. The van der Waals surface area contributed by atoms with Crippen LogP contribution < -0.4 is 0 Å². The van der Waals surface area contributed by atoms with E-state index in [1.165, 1.54) is 0 Å². The number of ether oxygens (including phenoxy) is 1. The largest absolute Gasteiger partial charge is 0.481 e. The van der Waals surface area contributed by atoms with Gasteiger partial charge in [-0.05, 0) is 6.42 Å². The highest BCUT2D eigenvalue weighted by Crippen LogP contribution is 1.95. The Morgan fingerprint density at radius 1 is 1.46 bits per heavy atom. The topological polar surface area (TPSA) is 70.4 Å². The highest BCUT2D eigenvalue weighted by atomic mass is 35.5. The molecule has 0 bridgehead atoms. The van der Waals surface area contributed by atoms with Crippen molar-refractivity contribution in [3.63, 3.8) is 0 Å². The lowest BCUT2D eigenvalue weighted by molar-refractivity contribution is -0.135. The van der Waals surface area contributed by atoms with Crippen LogP contribution in [0.5, 0.6) is 0 Å². The van der Waals surface area contributed by atoms with E-state index in [4.69, 9.17) is 15.3 Å². The van der Waals surface area contributed by atoms with Crippen molar-refractivity contribution in [2.45, 2.75) is 32.6 Å². The van der Waals surface area contributed by atoms with Gasteiger partial charge in [0.1, 0.15) is 6.42 Å². The first-order valence-electron chi connectivity index (χ1n) is 4.08. The Morgan fingerprint density at radius 2 is 2.08 bits per heavy atom. The highest BCUT2D eigenvalue weighted by molar-refractivity contribution is 5.91. The Bertz CT molecular complexity index is 161. The number of halogens is 1. The summed E-state index contributed by atoms with van der Waals surface area (Å²) >= 11 is 0. The van der Waals surface area contributed by atoms with Crippen LogP contribution in [-0.2, 0) is 9.53 Å². The van der Waals surface area contributed by atoms with E-state index in [9.17, 15) is 4.79 Å². The molecule has 0 rings (SSSR count). The SMILES string of the molecule is CCCCCOC(=N)CC(=O)O.Cl. The summed E-state index contributed by atoms with van der Waals surface area (Å²) in [6, 6.07) is 0. The van der Waals surface area contributed by atoms with Crippen LogP contribution in [-0.4, -0.2) is 23.6 Å². The molecule has 13 heavy (non-hydrogen) atoms. The summed E-state index contributed by atoms with van der Waals surface area (Å²) in [4.78, 5) is 10.1. The second-order valence-corrected chi connectivity index (χ2v) is 2.55. The molecular formula is C8H16ClNO3. The van der Waals surface area contributed by atoms with E-state index >= 15 is 0 Å². The smallest absolute Gasteiger partial charge is 0.312 e. The third-order valence-corrected chi connectivity index (χ3v) is 1.34. The third-order valence-electron chi connectivity index (χ3n) is 1.34. The van der Waals surface area contributed by atoms with Crippen molar-refractivity contribution in [1.29, 1.82) is 5.41 Å². The number of rotatable bonds is 6. The van der Waals surface area contributed by atoms with Gasteiger partial charge in [0.25, 0.3) is 0 Å². The molecule has 0 aromatic carbocycles. The minimum atomic E-state index is -1.02. The Morgan fingerprint density at radius 3 is 2.54 bits per heavy atom. The van der Waals surface area contributed by atoms with Crippen LogP contribution in [0.3, 0.4) is 0 Å². The molecule has 0 spiro atoms. The summed E-state index contributed by atoms with van der Waals surface area (Å²) in [7, 11) is 0. The summed E-state index contributed by atoms with van der Waals surface area (Å²) < 4.78 is 4.86. The first-order valence-corrected chi connectivity index (χ1v) is 4.08. The Hall–Kier alpha value is -0.770. The fourth-order valence-corrected chi connectivity index (χ4v) is 0.736. The van der Waals surface area contributed by atoms with Gasteiger partial charge in [-0.2, -0.15) is 0 Å². The average molecular weight is 210 g/mol. The van der Waals surface area contributed by atoms with Crippen LogP contribution in [0, 0.1) is 5.41 Å². The van der Waals surface area contributed by atoms with Crippen molar-refractivity contribution in [3.8, 4) is 0 Å². The monoisotopic (exact) mass is 209 g/mol. The number of hydrogen-bond acceptors (Lipinski definition) is 3. The lowest BCUT2D eigenvalue weighted by Gasteiger charge is -2.03. The van der Waals surface area contributed by atoms with Crippen molar-refractivity contribution >= 4 is 24.3 Å². The van der Waals surface area contributed by atoms with Gasteiger partial charge in [-0.25, -0.2) is 0 Å². The van der Waals surface area contributed by atoms with Crippen LogP contribution >= 0.6 is 12.4 Å². The molecule has 5 heteroatoms. The van der Waals surface area contributed by atoms with Crippen molar-refractivity contribution in [2.75, 3.05) is 6.61 Å². The summed E-state index contributed by atoms with van der Waals surface area (Å²) in [5.74, 6) is -1.17. The second-order valence-electron chi connectivity index (χ2n) is 2.55. The number of unbranched alkanes of at least 4 members (excludes halogenated alkanes) is 2. The van der Waals surface area contributed by atoms with Gasteiger partial charge < -0.3 is 9.84 Å². The van der Waals surface area contributed by atoms with Gasteiger partial charge in [0.15, 0.2) is 5.90 Å². The minimum Gasteiger partial charge on any atom is -0.481 e. The lowest BCUT2D eigenvalue weighted by atomic mass is 10.3. The maximum Gasteiger partial charge on any atom is 0.312 e. The zero-order valence-electron chi connectivity index (χ0n) is 7.71.